The molecular weight excluding hydrogens is 159 g/mol. The van der Waals surface area contributed by atoms with Gasteiger partial charge in [-0.3, -0.25) is 0 Å². The summed E-state index contributed by atoms with van der Waals surface area (Å²) >= 11 is 11.3. The van der Waals surface area contributed by atoms with Gasteiger partial charge in [0.1, 0.15) is 0 Å². The van der Waals surface area contributed by atoms with Crippen LogP contribution in [0, 0.1) is 5.92 Å². The van der Waals surface area contributed by atoms with Crippen molar-refractivity contribution < 1.29 is 0 Å². The molecule has 0 saturated heterocycles. The molecule has 1 atom stereocenters. The smallest absolute Gasteiger partial charge is 0.162 e. The molecule has 0 rings (SSSR count). The first-order valence-corrected chi connectivity index (χ1v) is 6.46. The third-order valence-corrected chi connectivity index (χ3v) is 3.14. The van der Waals surface area contributed by atoms with E-state index >= 15 is 0 Å². The van der Waals surface area contributed by atoms with Gasteiger partial charge >= 0.3 is 0 Å². The van der Waals surface area contributed by atoms with Crippen molar-refractivity contribution in [1.82, 2.24) is 0 Å². The molecule has 0 N–H and O–H groups in total. The molecule has 0 aliphatic rings. The Bertz CT molecular complexity index is 56.4. The van der Waals surface area contributed by atoms with Crippen LogP contribution in [-0.2, 0) is 0 Å². The lowest BCUT2D eigenvalue weighted by Crippen LogP contribution is -2.05. The van der Waals surface area contributed by atoms with Crippen LogP contribution in [0.15, 0.2) is 0 Å². The van der Waals surface area contributed by atoms with Crippen LogP contribution in [0.1, 0.15) is 6.92 Å². The maximum Gasteiger partial charge on any atom is 0.162 e. The third-order valence-electron chi connectivity index (χ3n) is 0.893. The van der Waals surface area contributed by atoms with Gasteiger partial charge in [-0.15, -0.1) is 11.6 Å². The highest BCUT2D eigenvalue weighted by Gasteiger charge is 2.05. The summed E-state index contributed by atoms with van der Waals surface area (Å²) in [6.07, 6.45) is 0. The van der Waals surface area contributed by atoms with Gasteiger partial charge in [0.2, 0.25) is 0 Å². The molecule has 8 heavy (non-hydrogen) atoms. The van der Waals surface area contributed by atoms with Crippen LogP contribution in [-0.4, -0.2) is 14.0 Å². The zero-order valence-corrected chi connectivity index (χ0v) is 7.76. The molecular formula is C5H11Cl2Si. The fraction of sp³-hybridized carbons (Fsp3) is 1.00. The van der Waals surface area contributed by atoms with Gasteiger partial charge in [0.05, 0.1) is 0 Å². The van der Waals surface area contributed by atoms with Crippen molar-refractivity contribution in [3.63, 3.8) is 0 Å². The van der Waals surface area contributed by atoms with E-state index in [2.05, 4.69) is 13.5 Å². The Morgan fingerprint density at radius 1 is 1.62 bits per heavy atom. The van der Waals surface area contributed by atoms with Crippen molar-refractivity contribution in [2.24, 2.45) is 5.92 Å². The van der Waals surface area contributed by atoms with Gasteiger partial charge in [-0.2, -0.15) is 11.1 Å². The maximum atomic E-state index is 5.79. The lowest BCUT2D eigenvalue weighted by atomic mass is 10.3. The SMILES string of the molecule is CC(CCl)C[Si](C)Cl. The Labute approximate surface area is 62.5 Å². The summed E-state index contributed by atoms with van der Waals surface area (Å²) in [5, 5.41) is 0. The van der Waals surface area contributed by atoms with Gasteiger partial charge in [0.15, 0.2) is 8.11 Å². The molecule has 49 valence electrons. The van der Waals surface area contributed by atoms with E-state index in [1.807, 2.05) is 0 Å². The summed E-state index contributed by atoms with van der Waals surface area (Å²) in [5.41, 5.74) is 0. The lowest BCUT2D eigenvalue weighted by molar-refractivity contribution is 0.738. The van der Waals surface area contributed by atoms with E-state index in [-0.39, 0.29) is 0 Å². The van der Waals surface area contributed by atoms with Crippen molar-refractivity contribution in [2.45, 2.75) is 19.5 Å². The Kier molecular flexibility index (Phi) is 5.12. The topological polar surface area (TPSA) is 0 Å². The quantitative estimate of drug-likeness (QED) is 0.347. The predicted octanol–water partition coefficient (Wildman–Crippen LogP) is 2.72. The average molecular weight is 170 g/mol. The van der Waals surface area contributed by atoms with Crippen molar-refractivity contribution in [1.29, 1.82) is 0 Å². The minimum Gasteiger partial charge on any atom is -0.169 e. The largest absolute Gasteiger partial charge is 0.169 e. The highest BCUT2D eigenvalue weighted by molar-refractivity contribution is 7.06. The van der Waals surface area contributed by atoms with E-state index in [1.54, 1.807) is 0 Å². The van der Waals surface area contributed by atoms with Crippen LogP contribution in [0.5, 0.6) is 0 Å². The summed E-state index contributed by atoms with van der Waals surface area (Å²) < 4.78 is 0. The lowest BCUT2D eigenvalue weighted by Gasteiger charge is -2.05. The Hall–Kier alpha value is 0.797. The molecule has 0 heterocycles. The fourth-order valence-corrected chi connectivity index (χ4v) is 2.72. The second-order valence-corrected chi connectivity index (χ2v) is 6.14. The second kappa shape index (κ2) is 4.65. The van der Waals surface area contributed by atoms with E-state index in [0.29, 0.717) is 5.92 Å². The summed E-state index contributed by atoms with van der Waals surface area (Å²) in [6, 6.07) is 1.12. The zero-order chi connectivity index (χ0) is 6.57. The molecule has 1 unspecified atom stereocenters. The van der Waals surface area contributed by atoms with Crippen LogP contribution in [0.4, 0.5) is 0 Å². The van der Waals surface area contributed by atoms with Crippen LogP contribution < -0.4 is 0 Å². The number of rotatable bonds is 3. The minimum atomic E-state index is -0.558. The van der Waals surface area contributed by atoms with E-state index in [4.69, 9.17) is 22.7 Å². The van der Waals surface area contributed by atoms with Gasteiger partial charge in [-0.1, -0.05) is 13.5 Å². The molecule has 0 aliphatic carbocycles. The van der Waals surface area contributed by atoms with Gasteiger partial charge < -0.3 is 0 Å². The molecule has 3 heteroatoms. The number of halogens is 2. The Morgan fingerprint density at radius 3 is 2.25 bits per heavy atom. The van der Waals surface area contributed by atoms with Crippen LogP contribution in [0.3, 0.4) is 0 Å². The van der Waals surface area contributed by atoms with E-state index in [9.17, 15) is 0 Å². The summed E-state index contributed by atoms with van der Waals surface area (Å²) in [7, 11) is -0.558. The molecule has 0 fully saturated rings. The van der Waals surface area contributed by atoms with Crippen molar-refractivity contribution >= 4 is 30.8 Å². The molecule has 0 spiro atoms. The average Bonchev–Trinajstić information content (AvgIpc) is 1.65. The summed E-state index contributed by atoms with van der Waals surface area (Å²) in [5.74, 6) is 1.35. The normalized spacial score (nSPS) is 14.6. The summed E-state index contributed by atoms with van der Waals surface area (Å²) in [4.78, 5) is 0. The minimum absolute atomic E-state index is 0.558. The first kappa shape index (κ1) is 8.80. The van der Waals surface area contributed by atoms with Crippen LogP contribution in [0.2, 0.25) is 12.6 Å². The maximum absolute atomic E-state index is 5.79. The monoisotopic (exact) mass is 169 g/mol. The molecule has 0 aromatic rings. The molecule has 0 saturated carbocycles. The highest BCUT2D eigenvalue weighted by atomic mass is 35.6. The third kappa shape index (κ3) is 4.94. The van der Waals surface area contributed by atoms with Crippen molar-refractivity contribution in [2.75, 3.05) is 5.88 Å². The number of alkyl halides is 1. The zero-order valence-electron chi connectivity index (χ0n) is 5.25. The fourth-order valence-electron chi connectivity index (χ4n) is 0.535. The van der Waals surface area contributed by atoms with E-state index in [1.165, 1.54) is 0 Å². The van der Waals surface area contributed by atoms with Gasteiger partial charge in [-0.25, -0.2) is 0 Å². The number of hydrogen-bond donors (Lipinski definition) is 0. The first-order chi connectivity index (χ1) is 3.66. The van der Waals surface area contributed by atoms with Crippen molar-refractivity contribution in [3.8, 4) is 0 Å². The highest BCUT2D eigenvalue weighted by Crippen LogP contribution is 2.09. The molecule has 0 bridgehead atoms. The molecule has 0 amide bonds. The van der Waals surface area contributed by atoms with Gasteiger partial charge in [0, 0.05) is 5.88 Å². The first-order valence-electron chi connectivity index (χ1n) is 2.70. The molecule has 0 aromatic heterocycles. The Morgan fingerprint density at radius 2 is 2.12 bits per heavy atom. The van der Waals surface area contributed by atoms with Crippen LogP contribution in [0.25, 0.3) is 0 Å². The Balaban J connectivity index is 3.10. The molecule has 1 radical (unpaired) electrons. The van der Waals surface area contributed by atoms with Crippen molar-refractivity contribution in [3.05, 3.63) is 0 Å². The predicted molar refractivity (Wildman–Crippen MR) is 42.2 cm³/mol. The molecule has 0 nitrogen and oxygen atoms in total. The second-order valence-electron chi connectivity index (χ2n) is 2.14. The molecule has 0 aromatic carbocycles. The van der Waals surface area contributed by atoms with Gasteiger partial charge in [0.25, 0.3) is 0 Å². The summed E-state index contributed by atoms with van der Waals surface area (Å²) in [6.45, 7) is 4.22. The van der Waals surface area contributed by atoms with Crippen LogP contribution >= 0.6 is 22.7 Å². The number of hydrogen-bond acceptors (Lipinski definition) is 0. The standard InChI is InChI=1S/C5H11Cl2Si/c1-5(3-6)4-8(2)7/h5H,3-4H2,1-2H3. The van der Waals surface area contributed by atoms with Gasteiger partial charge in [-0.05, 0) is 12.0 Å². The molecule has 0 aliphatic heterocycles. The van der Waals surface area contributed by atoms with E-state index in [0.717, 1.165) is 11.9 Å². The van der Waals surface area contributed by atoms with E-state index < -0.39 is 8.11 Å².